The number of hydrogen-bond donors (Lipinski definition) is 4. The van der Waals surface area contributed by atoms with E-state index in [2.05, 4.69) is 45.8 Å². The van der Waals surface area contributed by atoms with Gasteiger partial charge in [0.1, 0.15) is 17.8 Å². The number of aromatic nitrogens is 6. The molecule has 3 atom stereocenters. The summed E-state index contributed by atoms with van der Waals surface area (Å²) in [6.45, 7) is 6.55. The topological polar surface area (TPSA) is 217 Å². The first-order valence-corrected chi connectivity index (χ1v) is 19.9. The summed E-state index contributed by atoms with van der Waals surface area (Å²) < 4.78 is 22.6. The highest BCUT2D eigenvalue weighted by molar-refractivity contribution is 7.22. The third-order valence-corrected chi connectivity index (χ3v) is 12.0. The summed E-state index contributed by atoms with van der Waals surface area (Å²) >= 11 is 2.71. The normalized spacial score (nSPS) is 20.5. The molecule has 1 aliphatic carbocycles. The van der Waals surface area contributed by atoms with Gasteiger partial charge >= 0.3 is 12.1 Å². The van der Waals surface area contributed by atoms with Crippen LogP contribution >= 0.6 is 22.7 Å². The number of nitrogens with one attached hydrogen (secondary N) is 3. The summed E-state index contributed by atoms with van der Waals surface area (Å²) in [6, 6.07) is -0.0646. The van der Waals surface area contributed by atoms with Crippen LogP contribution in [0.4, 0.5) is 19.9 Å². The van der Waals surface area contributed by atoms with Crippen molar-refractivity contribution < 1.29 is 28.5 Å². The van der Waals surface area contributed by atoms with E-state index in [1.807, 2.05) is 13.8 Å². The molecule has 54 heavy (non-hydrogen) atoms. The maximum atomic E-state index is 13.0. The van der Waals surface area contributed by atoms with Crippen molar-refractivity contribution in [2.75, 3.05) is 58.1 Å². The molecule has 4 aromatic heterocycles. The third-order valence-electron chi connectivity index (χ3n) is 10.2. The fourth-order valence-corrected chi connectivity index (χ4v) is 8.63. The van der Waals surface area contributed by atoms with Crippen LogP contribution in [0.5, 0.6) is 11.8 Å². The average molecular weight is 785 g/mol. The van der Waals surface area contributed by atoms with Gasteiger partial charge in [-0.2, -0.15) is 9.97 Å². The van der Waals surface area contributed by atoms with Gasteiger partial charge in [0.15, 0.2) is 37.3 Å². The van der Waals surface area contributed by atoms with Crippen LogP contribution in [0.15, 0.2) is 6.33 Å². The molecule has 4 aromatic rings. The Labute approximate surface area is 320 Å². The van der Waals surface area contributed by atoms with Gasteiger partial charge in [0.05, 0.1) is 14.2 Å². The van der Waals surface area contributed by atoms with Gasteiger partial charge in [0.25, 0.3) is 0 Å². The van der Waals surface area contributed by atoms with E-state index in [9.17, 15) is 9.59 Å². The first kappa shape index (κ1) is 38.1. The Hall–Kier alpha value is -4.24. The van der Waals surface area contributed by atoms with Gasteiger partial charge in [-0.3, -0.25) is 10.2 Å². The number of nitrogens with two attached hydrogens (primary N) is 1. The van der Waals surface area contributed by atoms with Crippen LogP contribution in [0.3, 0.4) is 0 Å². The number of thiazole rings is 2. The van der Waals surface area contributed by atoms with Crippen molar-refractivity contribution in [2.24, 2.45) is 11.7 Å². The lowest BCUT2D eigenvalue weighted by atomic mass is 9.99. The molecule has 292 valence electrons. The van der Waals surface area contributed by atoms with E-state index in [-0.39, 0.29) is 24.0 Å². The molecule has 0 bridgehead atoms. The number of carbonyl (C=O) groups is 2. The molecule has 0 radical (unpaired) electrons. The zero-order valence-electron chi connectivity index (χ0n) is 31.2. The highest BCUT2D eigenvalue weighted by Crippen LogP contribution is 2.50. The molecule has 6 heterocycles. The number of fused-ring (bicyclic) bond motifs is 2. The maximum Gasteiger partial charge on any atom is 0.407 e. The number of anilines is 2. The number of amides is 3. The summed E-state index contributed by atoms with van der Waals surface area (Å²) in [5.74, 6) is 2.06. The summed E-state index contributed by atoms with van der Waals surface area (Å²) in [5.41, 5.74) is 6.47. The Bertz CT molecular complexity index is 1940. The summed E-state index contributed by atoms with van der Waals surface area (Å²) in [4.78, 5) is 58.2. The van der Waals surface area contributed by atoms with Crippen molar-refractivity contribution in [3.8, 4) is 11.8 Å². The van der Waals surface area contributed by atoms with Gasteiger partial charge < -0.3 is 40.2 Å². The molecule has 3 amide bonds. The van der Waals surface area contributed by atoms with Crippen molar-refractivity contribution in [3.05, 3.63) is 12.2 Å². The molecular weight excluding hydrogens is 737 g/mol. The molecule has 3 aliphatic rings. The Morgan fingerprint density at radius 2 is 1.63 bits per heavy atom. The predicted molar refractivity (Wildman–Crippen MR) is 204 cm³/mol. The van der Waals surface area contributed by atoms with Crippen LogP contribution in [-0.2, 0) is 9.47 Å². The molecule has 18 nitrogen and oxygen atoms in total. The summed E-state index contributed by atoms with van der Waals surface area (Å²) in [6.07, 6.45) is 6.20. The van der Waals surface area contributed by atoms with Crippen LogP contribution in [0.25, 0.3) is 20.7 Å². The number of methoxy groups -OCH3 is 3. The molecule has 7 rings (SSSR count). The highest BCUT2D eigenvalue weighted by Gasteiger charge is 2.42. The number of nitrogens with zero attached hydrogens (tertiary/aromatic N) is 8. The van der Waals surface area contributed by atoms with Gasteiger partial charge in [-0.25, -0.2) is 29.5 Å². The Morgan fingerprint density at radius 3 is 2.35 bits per heavy atom. The number of likely N-dealkylation sites (tertiary alicyclic amines) is 2. The Kier molecular flexibility index (Phi) is 11.4. The van der Waals surface area contributed by atoms with Crippen molar-refractivity contribution in [3.63, 3.8) is 0 Å². The minimum absolute atomic E-state index is 0.0110. The van der Waals surface area contributed by atoms with Crippen LogP contribution in [0.2, 0.25) is 0 Å². The molecule has 1 saturated carbocycles. The number of carbonyl (C=O) groups excluding carboxylic acids is 2. The second-order valence-electron chi connectivity index (χ2n) is 14.6. The minimum Gasteiger partial charge on any atom is -0.479 e. The number of urea groups is 1. The average Bonchev–Trinajstić information content (AvgIpc) is 3.64. The zero-order valence-corrected chi connectivity index (χ0v) is 32.8. The molecule has 2 aliphatic heterocycles. The van der Waals surface area contributed by atoms with Gasteiger partial charge in [0, 0.05) is 51.3 Å². The maximum absolute atomic E-state index is 13.0. The standard InChI is InChI=1S/C34H48N12O6S2/c1-34(2,52-33(48)38-20-9-14-46(15-10-20)32(51-5)44-30-39-22-25(49-3)36-17-37-27(22)53-30)11-6-18-16-21(18)24-41-26(50-4)23-28(42-24)54-29(40-23)43-31(47)45-12-7-19(35)8-13-45/h17-21,32H,6-16,35H2,1-5H3,(H,38,48)(H,39,44)(H,40,43,47)/t18?,21-,32?/m0/s1. The Morgan fingerprint density at radius 1 is 0.926 bits per heavy atom. The van der Waals surface area contributed by atoms with Gasteiger partial charge in [-0.15, -0.1) is 0 Å². The Balaban J connectivity index is 0.856. The molecular formula is C34H48N12O6S2. The first-order chi connectivity index (χ1) is 26.0. The van der Waals surface area contributed by atoms with E-state index in [1.54, 1.807) is 26.2 Å². The van der Waals surface area contributed by atoms with Crippen molar-refractivity contribution in [1.29, 1.82) is 0 Å². The SMILES string of the molecule is COc1nc([C@H]2CC2CCC(C)(C)OC(=O)NC2CCN(C(Nc3nc4c(OC)ncnc4s3)OC)CC2)nc2sc(NC(=O)N3CCC(N)CC3)nc12. The van der Waals surface area contributed by atoms with E-state index in [4.69, 9.17) is 29.7 Å². The molecule has 2 saturated heterocycles. The van der Waals surface area contributed by atoms with Gasteiger partial charge in [-0.1, -0.05) is 22.7 Å². The number of ether oxygens (including phenoxy) is 4. The predicted octanol–water partition coefficient (Wildman–Crippen LogP) is 4.35. The molecule has 20 heteroatoms. The fourth-order valence-electron chi connectivity index (χ4n) is 6.99. The number of piperidine rings is 2. The molecule has 3 fully saturated rings. The highest BCUT2D eigenvalue weighted by atomic mass is 32.1. The molecule has 0 spiro atoms. The number of rotatable bonds is 13. The third kappa shape index (κ3) is 8.83. The second kappa shape index (κ2) is 16.2. The monoisotopic (exact) mass is 784 g/mol. The molecule has 2 unspecified atom stereocenters. The smallest absolute Gasteiger partial charge is 0.407 e. The molecule has 5 N–H and O–H groups in total. The summed E-state index contributed by atoms with van der Waals surface area (Å²) in [5, 5.41) is 10.4. The molecule has 0 aromatic carbocycles. The zero-order chi connectivity index (χ0) is 38.0. The lowest BCUT2D eigenvalue weighted by molar-refractivity contribution is -0.0265. The van der Waals surface area contributed by atoms with Gasteiger partial charge in [-0.05, 0) is 64.7 Å². The van der Waals surface area contributed by atoms with E-state index in [1.165, 1.54) is 29.0 Å². The number of alkyl carbamates (subject to hydrolysis) is 1. The summed E-state index contributed by atoms with van der Waals surface area (Å²) in [7, 11) is 4.76. The van der Waals surface area contributed by atoms with E-state index in [0.29, 0.717) is 82.2 Å². The van der Waals surface area contributed by atoms with E-state index in [0.717, 1.165) is 43.4 Å². The quantitative estimate of drug-likeness (QED) is 0.139. The minimum atomic E-state index is -0.653. The number of hydrogen-bond acceptors (Lipinski definition) is 17. The lowest BCUT2D eigenvalue weighted by Gasteiger charge is -2.37. The van der Waals surface area contributed by atoms with Crippen LogP contribution in [0, 0.1) is 5.92 Å². The lowest BCUT2D eigenvalue weighted by Crippen LogP contribution is -2.51. The van der Waals surface area contributed by atoms with Crippen molar-refractivity contribution >= 4 is 65.8 Å². The van der Waals surface area contributed by atoms with Crippen molar-refractivity contribution in [1.82, 2.24) is 45.0 Å². The van der Waals surface area contributed by atoms with Gasteiger partial charge in [0.2, 0.25) is 11.8 Å². The van der Waals surface area contributed by atoms with Crippen LogP contribution < -0.4 is 31.2 Å². The van der Waals surface area contributed by atoms with E-state index < -0.39 is 18.0 Å². The van der Waals surface area contributed by atoms with Crippen molar-refractivity contribution in [2.45, 2.75) is 88.7 Å². The first-order valence-electron chi connectivity index (χ1n) is 18.2. The van der Waals surface area contributed by atoms with Crippen LogP contribution in [-0.4, -0.2) is 123 Å². The fraction of sp³-hybridized carbons (Fsp3) is 0.647. The van der Waals surface area contributed by atoms with Crippen LogP contribution in [0.1, 0.15) is 70.5 Å². The largest absolute Gasteiger partial charge is 0.479 e. The second-order valence-corrected chi connectivity index (χ2v) is 16.5. The van der Waals surface area contributed by atoms with E-state index >= 15 is 0 Å².